The summed E-state index contributed by atoms with van der Waals surface area (Å²) in [6.45, 7) is 5.50. The van der Waals surface area contributed by atoms with Crippen LogP contribution in [0, 0.1) is 5.92 Å². The Bertz CT molecular complexity index is 516. The summed E-state index contributed by atoms with van der Waals surface area (Å²) >= 11 is 0. The van der Waals surface area contributed by atoms with Crippen molar-refractivity contribution in [2.45, 2.75) is 32.7 Å². The number of anilines is 1. The topological polar surface area (TPSA) is 70.2 Å². The van der Waals surface area contributed by atoms with Crippen LogP contribution in [-0.2, 0) is 4.79 Å². The summed E-state index contributed by atoms with van der Waals surface area (Å²) in [6, 6.07) is 7.30. The second-order valence-electron chi connectivity index (χ2n) is 5.43. The molecule has 1 aliphatic heterocycles. The summed E-state index contributed by atoms with van der Waals surface area (Å²) in [4.78, 5) is 24.4. The van der Waals surface area contributed by atoms with Gasteiger partial charge in [0, 0.05) is 12.6 Å². The molecule has 0 spiro atoms. The third-order valence-electron chi connectivity index (χ3n) is 3.83. The summed E-state index contributed by atoms with van der Waals surface area (Å²) in [5.41, 5.74) is 1.09. The van der Waals surface area contributed by atoms with E-state index in [4.69, 9.17) is 0 Å². The number of hydrogen-bond acceptors (Lipinski definition) is 3. The van der Waals surface area contributed by atoms with Crippen molar-refractivity contribution < 1.29 is 9.59 Å². The van der Waals surface area contributed by atoms with Crippen molar-refractivity contribution >= 4 is 17.5 Å². The summed E-state index contributed by atoms with van der Waals surface area (Å²) in [5.74, 6) is -0.217. The van der Waals surface area contributed by atoms with Crippen LogP contribution in [0.1, 0.15) is 37.0 Å². The van der Waals surface area contributed by atoms with Gasteiger partial charge in [0.1, 0.15) is 0 Å². The van der Waals surface area contributed by atoms with E-state index in [2.05, 4.69) is 16.0 Å². The van der Waals surface area contributed by atoms with Crippen molar-refractivity contribution in [2.75, 3.05) is 18.4 Å². The zero-order chi connectivity index (χ0) is 15.2. The average molecular weight is 289 g/mol. The Kier molecular flexibility index (Phi) is 5.33. The van der Waals surface area contributed by atoms with Gasteiger partial charge < -0.3 is 16.0 Å². The molecule has 1 aromatic rings. The fraction of sp³-hybridized carbons (Fsp3) is 0.500. The van der Waals surface area contributed by atoms with Gasteiger partial charge in [-0.15, -0.1) is 0 Å². The Morgan fingerprint density at radius 3 is 2.76 bits per heavy atom. The molecule has 1 aromatic carbocycles. The molecule has 114 valence electrons. The largest absolute Gasteiger partial charge is 0.352 e. The highest BCUT2D eigenvalue weighted by Gasteiger charge is 2.29. The maximum absolute atomic E-state index is 12.3. The maximum atomic E-state index is 12.3. The fourth-order valence-corrected chi connectivity index (χ4v) is 2.57. The normalized spacial score (nSPS) is 21.0. The predicted octanol–water partition coefficient (Wildman–Crippen LogP) is 1.76. The molecule has 2 amide bonds. The number of hydrogen-bond donors (Lipinski definition) is 3. The molecule has 3 N–H and O–H groups in total. The summed E-state index contributed by atoms with van der Waals surface area (Å²) in [5, 5.41) is 9.00. The Morgan fingerprint density at radius 1 is 1.33 bits per heavy atom. The molecule has 2 unspecified atom stereocenters. The van der Waals surface area contributed by atoms with Crippen LogP contribution < -0.4 is 16.0 Å². The molecule has 0 aliphatic carbocycles. The molecule has 0 bridgehead atoms. The van der Waals surface area contributed by atoms with Gasteiger partial charge in [0.15, 0.2) is 0 Å². The van der Waals surface area contributed by atoms with Gasteiger partial charge in [-0.25, -0.2) is 0 Å². The fourth-order valence-electron chi connectivity index (χ4n) is 2.57. The van der Waals surface area contributed by atoms with Crippen molar-refractivity contribution in [1.82, 2.24) is 10.6 Å². The molecule has 1 saturated heterocycles. The highest BCUT2D eigenvalue weighted by Crippen LogP contribution is 2.20. The Balaban J connectivity index is 2.09. The zero-order valence-electron chi connectivity index (χ0n) is 12.6. The molecular formula is C16H23N3O2. The third-order valence-corrected chi connectivity index (χ3v) is 3.83. The molecule has 2 atom stereocenters. The molecular weight excluding hydrogens is 266 g/mol. The minimum Gasteiger partial charge on any atom is -0.352 e. The molecule has 1 heterocycles. The zero-order valence-corrected chi connectivity index (χ0v) is 12.6. The first-order chi connectivity index (χ1) is 10.1. The van der Waals surface area contributed by atoms with Crippen LogP contribution in [0.25, 0.3) is 0 Å². The second-order valence-corrected chi connectivity index (χ2v) is 5.43. The second kappa shape index (κ2) is 7.22. The van der Waals surface area contributed by atoms with Gasteiger partial charge in [0.05, 0.1) is 17.2 Å². The van der Waals surface area contributed by atoms with E-state index in [-0.39, 0.29) is 23.8 Å². The molecule has 0 radical (unpaired) electrons. The molecule has 5 nitrogen and oxygen atoms in total. The molecule has 5 heteroatoms. The maximum Gasteiger partial charge on any atom is 0.253 e. The van der Waals surface area contributed by atoms with E-state index in [1.807, 2.05) is 19.9 Å². The first-order valence-corrected chi connectivity index (χ1v) is 7.55. The van der Waals surface area contributed by atoms with Gasteiger partial charge >= 0.3 is 0 Å². The van der Waals surface area contributed by atoms with E-state index in [1.165, 1.54) is 0 Å². The molecule has 2 rings (SSSR count). The van der Waals surface area contributed by atoms with Crippen molar-refractivity contribution in [3.8, 4) is 0 Å². The van der Waals surface area contributed by atoms with E-state index in [9.17, 15) is 9.59 Å². The lowest BCUT2D eigenvalue weighted by molar-refractivity contribution is -0.120. The monoisotopic (exact) mass is 289 g/mol. The third kappa shape index (κ3) is 3.82. The van der Waals surface area contributed by atoms with E-state index >= 15 is 0 Å². The molecule has 1 fully saturated rings. The van der Waals surface area contributed by atoms with Gasteiger partial charge in [-0.2, -0.15) is 0 Å². The minimum atomic E-state index is -0.148. The van der Waals surface area contributed by atoms with Gasteiger partial charge in [-0.05, 0) is 38.4 Å². The van der Waals surface area contributed by atoms with E-state index in [1.54, 1.807) is 18.2 Å². The van der Waals surface area contributed by atoms with Crippen LogP contribution in [0.4, 0.5) is 5.69 Å². The molecule has 0 saturated carbocycles. The van der Waals surface area contributed by atoms with Crippen LogP contribution in [-0.4, -0.2) is 30.9 Å². The van der Waals surface area contributed by atoms with Crippen molar-refractivity contribution in [2.24, 2.45) is 5.92 Å². The van der Waals surface area contributed by atoms with Crippen molar-refractivity contribution in [3.63, 3.8) is 0 Å². The first kappa shape index (κ1) is 15.5. The number of amides is 2. The Labute approximate surface area is 125 Å². The highest BCUT2D eigenvalue weighted by atomic mass is 16.2. The number of nitrogens with one attached hydrogen (secondary N) is 3. The molecule has 1 aliphatic rings. The predicted molar refractivity (Wildman–Crippen MR) is 83.3 cm³/mol. The van der Waals surface area contributed by atoms with Gasteiger partial charge in [0.2, 0.25) is 5.91 Å². The lowest BCUT2D eigenvalue weighted by Gasteiger charge is -2.16. The number of para-hydroxylation sites is 1. The van der Waals surface area contributed by atoms with E-state index in [0.29, 0.717) is 17.8 Å². The lowest BCUT2D eigenvalue weighted by Crippen LogP contribution is -2.33. The van der Waals surface area contributed by atoms with Gasteiger partial charge in [-0.3, -0.25) is 9.59 Å². The summed E-state index contributed by atoms with van der Waals surface area (Å²) in [6.07, 6.45) is 1.71. The van der Waals surface area contributed by atoms with E-state index < -0.39 is 0 Å². The smallest absolute Gasteiger partial charge is 0.253 e. The van der Waals surface area contributed by atoms with Gasteiger partial charge in [0.25, 0.3) is 5.91 Å². The van der Waals surface area contributed by atoms with E-state index in [0.717, 1.165) is 19.4 Å². The number of rotatable bonds is 5. The number of carbonyl (C=O) groups is 2. The van der Waals surface area contributed by atoms with Gasteiger partial charge in [-0.1, -0.05) is 19.1 Å². The quantitative estimate of drug-likeness (QED) is 0.773. The summed E-state index contributed by atoms with van der Waals surface area (Å²) < 4.78 is 0. The minimum absolute atomic E-state index is 0.0248. The van der Waals surface area contributed by atoms with Crippen LogP contribution in [0.15, 0.2) is 24.3 Å². The molecule has 21 heavy (non-hydrogen) atoms. The van der Waals surface area contributed by atoms with Crippen LogP contribution in [0.3, 0.4) is 0 Å². The highest BCUT2D eigenvalue weighted by molar-refractivity contribution is 6.04. The number of carbonyl (C=O) groups excluding carboxylic acids is 2. The van der Waals surface area contributed by atoms with Crippen LogP contribution in [0.2, 0.25) is 0 Å². The SMILES string of the molecule is CCCNC(=O)c1ccccc1NC(=O)C1CCNC1C. The lowest BCUT2D eigenvalue weighted by atomic mass is 10.0. The average Bonchev–Trinajstić information content (AvgIpc) is 2.91. The Hall–Kier alpha value is -1.88. The van der Waals surface area contributed by atoms with Crippen LogP contribution in [0.5, 0.6) is 0 Å². The van der Waals surface area contributed by atoms with Crippen molar-refractivity contribution in [3.05, 3.63) is 29.8 Å². The Morgan fingerprint density at radius 2 is 2.10 bits per heavy atom. The van der Waals surface area contributed by atoms with Crippen molar-refractivity contribution in [1.29, 1.82) is 0 Å². The first-order valence-electron chi connectivity index (χ1n) is 7.55. The molecule has 0 aromatic heterocycles. The van der Waals surface area contributed by atoms with Crippen LogP contribution >= 0.6 is 0 Å². The number of benzene rings is 1. The standard InChI is InChI=1S/C16H23N3O2/c1-3-9-18-15(20)13-6-4-5-7-14(13)19-16(21)12-8-10-17-11(12)2/h4-7,11-12,17H,3,8-10H2,1-2H3,(H,18,20)(H,19,21). The summed E-state index contributed by atoms with van der Waals surface area (Å²) in [7, 11) is 0.